The number of hydrogen-bond donors (Lipinski definition) is 1. The molecule has 0 fully saturated rings. The summed E-state index contributed by atoms with van der Waals surface area (Å²) < 4.78 is 0. The van der Waals surface area contributed by atoms with Gasteiger partial charge in [-0.2, -0.15) is 0 Å². The van der Waals surface area contributed by atoms with E-state index in [2.05, 4.69) is 39.0 Å². The van der Waals surface area contributed by atoms with Crippen LogP contribution in [0, 0.1) is 5.92 Å². The molecule has 0 bridgehead atoms. The smallest absolute Gasteiger partial charge is 0.0393 e. The van der Waals surface area contributed by atoms with Crippen LogP contribution in [-0.2, 0) is 0 Å². The summed E-state index contributed by atoms with van der Waals surface area (Å²) in [6.45, 7) is 6.66. The zero-order valence-electron chi connectivity index (χ0n) is 11.0. The van der Waals surface area contributed by atoms with Crippen LogP contribution in [0.4, 0.5) is 5.69 Å². The molecule has 1 heteroatoms. The molecule has 0 heterocycles. The monoisotopic (exact) mass is 227 g/mol. The number of allylic oxidation sites excluding steroid dienone is 4. The van der Waals surface area contributed by atoms with Crippen LogP contribution in [0.25, 0.3) is 5.57 Å². The van der Waals surface area contributed by atoms with Crippen molar-refractivity contribution in [2.75, 3.05) is 5.73 Å². The first-order valence-electron chi connectivity index (χ1n) is 6.33. The fourth-order valence-electron chi connectivity index (χ4n) is 2.49. The van der Waals surface area contributed by atoms with Crippen LogP contribution >= 0.6 is 0 Å². The Morgan fingerprint density at radius 1 is 1.24 bits per heavy atom. The Morgan fingerprint density at radius 2 is 1.94 bits per heavy atom. The molecule has 1 aliphatic rings. The first-order valence-corrected chi connectivity index (χ1v) is 6.33. The third-order valence-electron chi connectivity index (χ3n) is 3.48. The molecule has 0 aromatic heterocycles. The maximum absolute atomic E-state index is 6.10. The van der Waals surface area contributed by atoms with E-state index >= 15 is 0 Å². The Morgan fingerprint density at radius 3 is 2.59 bits per heavy atom. The zero-order chi connectivity index (χ0) is 12.4. The predicted molar refractivity (Wildman–Crippen MR) is 75.6 cm³/mol. The average molecular weight is 227 g/mol. The number of nitrogens with two attached hydrogens (primary N) is 1. The fourth-order valence-corrected chi connectivity index (χ4v) is 2.49. The van der Waals surface area contributed by atoms with Crippen LogP contribution in [0.2, 0.25) is 0 Å². The second-order valence-corrected chi connectivity index (χ2v) is 5.16. The Bertz CT molecular complexity index is 476. The lowest BCUT2D eigenvalue weighted by molar-refractivity contribution is 0.634. The van der Waals surface area contributed by atoms with Gasteiger partial charge in [-0.15, -0.1) is 0 Å². The summed E-state index contributed by atoms with van der Waals surface area (Å²) in [5, 5.41) is 0. The normalized spacial score (nSPS) is 20.1. The second kappa shape index (κ2) is 4.79. The van der Waals surface area contributed by atoms with E-state index in [1.165, 1.54) is 35.1 Å². The van der Waals surface area contributed by atoms with Gasteiger partial charge in [0.1, 0.15) is 0 Å². The van der Waals surface area contributed by atoms with Crippen molar-refractivity contribution in [1.82, 2.24) is 0 Å². The summed E-state index contributed by atoms with van der Waals surface area (Å²) in [5.74, 6) is 0.646. The number of anilines is 1. The first kappa shape index (κ1) is 12.0. The van der Waals surface area contributed by atoms with Gasteiger partial charge in [0.2, 0.25) is 0 Å². The maximum atomic E-state index is 6.10. The molecular formula is C16H21N. The molecule has 1 aromatic rings. The molecular weight excluding hydrogens is 206 g/mol. The summed E-state index contributed by atoms with van der Waals surface area (Å²) >= 11 is 0. The van der Waals surface area contributed by atoms with E-state index in [-0.39, 0.29) is 0 Å². The number of benzene rings is 1. The van der Waals surface area contributed by atoms with E-state index < -0.39 is 0 Å². The molecule has 17 heavy (non-hydrogen) atoms. The van der Waals surface area contributed by atoms with Crippen molar-refractivity contribution in [2.45, 2.75) is 33.6 Å². The van der Waals surface area contributed by atoms with Crippen molar-refractivity contribution in [3.05, 3.63) is 47.1 Å². The fraction of sp³-hybridized carbons (Fsp3) is 0.375. The van der Waals surface area contributed by atoms with Crippen molar-refractivity contribution in [3.8, 4) is 0 Å². The van der Waals surface area contributed by atoms with Crippen molar-refractivity contribution < 1.29 is 0 Å². The maximum Gasteiger partial charge on any atom is 0.0393 e. The molecule has 1 unspecified atom stereocenters. The van der Waals surface area contributed by atoms with Crippen molar-refractivity contribution in [1.29, 1.82) is 0 Å². The van der Waals surface area contributed by atoms with Gasteiger partial charge < -0.3 is 5.73 Å². The summed E-state index contributed by atoms with van der Waals surface area (Å²) in [5.41, 5.74) is 12.4. The lowest BCUT2D eigenvalue weighted by atomic mass is 9.82. The highest BCUT2D eigenvalue weighted by Crippen LogP contribution is 2.38. The summed E-state index contributed by atoms with van der Waals surface area (Å²) in [6.07, 6.45) is 4.79. The van der Waals surface area contributed by atoms with Crippen LogP contribution in [0.5, 0.6) is 0 Å². The van der Waals surface area contributed by atoms with Gasteiger partial charge in [0.15, 0.2) is 0 Å². The molecule has 0 saturated carbocycles. The average Bonchev–Trinajstić information content (AvgIpc) is 2.29. The van der Waals surface area contributed by atoms with Gasteiger partial charge in [-0.3, -0.25) is 0 Å². The van der Waals surface area contributed by atoms with Gasteiger partial charge in [-0.25, -0.2) is 0 Å². The van der Waals surface area contributed by atoms with Gasteiger partial charge in [0.25, 0.3) is 0 Å². The van der Waals surface area contributed by atoms with E-state index in [4.69, 9.17) is 5.73 Å². The molecule has 90 valence electrons. The minimum atomic E-state index is 0.646. The standard InChI is InChI=1S/C16H21N/c1-11(2)13-9-8-12(3)10-15(13)14-6-4-5-7-16(14)17/h4-7,10,12H,8-9,17H2,1-3H3. The number of para-hydroxylation sites is 1. The summed E-state index contributed by atoms with van der Waals surface area (Å²) in [4.78, 5) is 0. The van der Waals surface area contributed by atoms with Crippen LogP contribution in [0.1, 0.15) is 39.2 Å². The Labute approximate surface area is 104 Å². The lowest BCUT2D eigenvalue weighted by Gasteiger charge is -2.24. The molecule has 0 spiro atoms. The van der Waals surface area contributed by atoms with Gasteiger partial charge in [0.05, 0.1) is 0 Å². The molecule has 0 amide bonds. The van der Waals surface area contributed by atoms with Crippen LogP contribution in [0.3, 0.4) is 0 Å². The molecule has 2 rings (SSSR count). The molecule has 0 radical (unpaired) electrons. The van der Waals surface area contributed by atoms with E-state index in [0.29, 0.717) is 5.92 Å². The molecule has 0 aliphatic heterocycles. The van der Waals surface area contributed by atoms with E-state index in [1.807, 2.05) is 12.1 Å². The minimum absolute atomic E-state index is 0.646. The quantitative estimate of drug-likeness (QED) is 0.706. The van der Waals surface area contributed by atoms with Crippen LogP contribution < -0.4 is 5.73 Å². The minimum Gasteiger partial charge on any atom is -0.398 e. The number of hydrogen-bond acceptors (Lipinski definition) is 1. The predicted octanol–water partition coefficient (Wildman–Crippen LogP) is 4.42. The second-order valence-electron chi connectivity index (χ2n) is 5.16. The summed E-state index contributed by atoms with van der Waals surface area (Å²) in [6, 6.07) is 8.17. The topological polar surface area (TPSA) is 26.0 Å². The molecule has 1 nitrogen and oxygen atoms in total. The largest absolute Gasteiger partial charge is 0.398 e. The molecule has 1 atom stereocenters. The Hall–Kier alpha value is -1.50. The van der Waals surface area contributed by atoms with Crippen molar-refractivity contribution in [3.63, 3.8) is 0 Å². The highest BCUT2D eigenvalue weighted by molar-refractivity contribution is 5.86. The van der Waals surface area contributed by atoms with Gasteiger partial charge in [-0.05, 0) is 49.8 Å². The highest BCUT2D eigenvalue weighted by atomic mass is 14.6. The van der Waals surface area contributed by atoms with Gasteiger partial charge in [0, 0.05) is 11.3 Å². The molecule has 1 aliphatic carbocycles. The molecule has 1 aromatic carbocycles. The number of nitrogen functional groups attached to an aromatic ring is 1. The SMILES string of the molecule is CC(C)=C1CCC(C)C=C1c1ccccc1N. The van der Waals surface area contributed by atoms with Gasteiger partial charge in [-0.1, -0.05) is 36.8 Å². The lowest BCUT2D eigenvalue weighted by Crippen LogP contribution is -2.06. The third kappa shape index (κ3) is 2.44. The van der Waals surface area contributed by atoms with Crippen LogP contribution in [0.15, 0.2) is 41.5 Å². The molecule has 2 N–H and O–H groups in total. The Balaban J connectivity index is 2.55. The highest BCUT2D eigenvalue weighted by Gasteiger charge is 2.18. The van der Waals surface area contributed by atoms with Crippen molar-refractivity contribution in [2.24, 2.45) is 5.92 Å². The van der Waals surface area contributed by atoms with E-state index in [1.54, 1.807) is 0 Å². The third-order valence-corrected chi connectivity index (χ3v) is 3.48. The van der Waals surface area contributed by atoms with E-state index in [9.17, 15) is 0 Å². The Kier molecular flexibility index (Phi) is 3.37. The number of rotatable bonds is 1. The molecule has 0 saturated heterocycles. The van der Waals surface area contributed by atoms with Crippen molar-refractivity contribution >= 4 is 11.3 Å². The summed E-state index contributed by atoms with van der Waals surface area (Å²) in [7, 11) is 0. The van der Waals surface area contributed by atoms with Gasteiger partial charge >= 0.3 is 0 Å². The first-order chi connectivity index (χ1) is 8.09. The van der Waals surface area contributed by atoms with E-state index in [0.717, 1.165) is 5.69 Å². The zero-order valence-corrected chi connectivity index (χ0v) is 11.0. The van der Waals surface area contributed by atoms with Crippen LogP contribution in [-0.4, -0.2) is 0 Å².